The summed E-state index contributed by atoms with van der Waals surface area (Å²) in [6, 6.07) is 0. The fourth-order valence-electron chi connectivity index (χ4n) is 1.95. The molecule has 0 aromatic heterocycles. The SMILES string of the molecule is CCC1CCN(C(=O)[C@H](O)CC)CC1. The van der Waals surface area contributed by atoms with Gasteiger partial charge in [0.05, 0.1) is 0 Å². The first-order chi connectivity index (χ1) is 6.69. The van der Waals surface area contributed by atoms with Crippen molar-refractivity contribution in [2.45, 2.75) is 45.6 Å². The molecule has 0 spiro atoms. The standard InChI is InChI=1S/C11H21NO2/c1-3-9-5-7-12(8-6-9)11(14)10(13)4-2/h9-10,13H,3-8H2,1-2H3/t10-/m1/s1. The number of aliphatic hydroxyl groups is 1. The number of rotatable bonds is 3. The Balaban J connectivity index is 2.37. The monoisotopic (exact) mass is 199 g/mol. The van der Waals surface area contributed by atoms with Gasteiger partial charge in [0, 0.05) is 13.1 Å². The molecule has 1 fully saturated rings. The zero-order valence-electron chi connectivity index (χ0n) is 9.20. The lowest BCUT2D eigenvalue weighted by Gasteiger charge is -2.32. The summed E-state index contributed by atoms with van der Waals surface area (Å²) < 4.78 is 0. The molecule has 1 saturated heterocycles. The molecule has 1 atom stereocenters. The van der Waals surface area contributed by atoms with Crippen LogP contribution in [0.4, 0.5) is 0 Å². The van der Waals surface area contributed by atoms with Crippen molar-refractivity contribution in [2.24, 2.45) is 5.92 Å². The van der Waals surface area contributed by atoms with Crippen LogP contribution >= 0.6 is 0 Å². The van der Waals surface area contributed by atoms with Gasteiger partial charge in [0.25, 0.3) is 5.91 Å². The molecular formula is C11H21NO2. The molecule has 1 N–H and O–H groups in total. The van der Waals surface area contributed by atoms with Crippen LogP contribution in [0.25, 0.3) is 0 Å². The van der Waals surface area contributed by atoms with E-state index in [1.54, 1.807) is 4.90 Å². The second-order valence-electron chi connectivity index (χ2n) is 4.10. The zero-order valence-corrected chi connectivity index (χ0v) is 9.20. The molecule has 1 aliphatic heterocycles. The van der Waals surface area contributed by atoms with Crippen molar-refractivity contribution in [1.29, 1.82) is 0 Å². The quantitative estimate of drug-likeness (QED) is 0.746. The number of carbonyl (C=O) groups excluding carboxylic acids is 1. The summed E-state index contributed by atoms with van der Waals surface area (Å²) in [5.74, 6) is 0.694. The maximum atomic E-state index is 11.6. The smallest absolute Gasteiger partial charge is 0.251 e. The van der Waals surface area contributed by atoms with Crippen molar-refractivity contribution in [3.63, 3.8) is 0 Å². The number of hydrogen-bond acceptors (Lipinski definition) is 2. The second-order valence-corrected chi connectivity index (χ2v) is 4.10. The summed E-state index contributed by atoms with van der Waals surface area (Å²) >= 11 is 0. The molecule has 1 amide bonds. The van der Waals surface area contributed by atoms with Crippen LogP contribution in [0.3, 0.4) is 0 Å². The van der Waals surface area contributed by atoms with Crippen molar-refractivity contribution in [3.05, 3.63) is 0 Å². The van der Waals surface area contributed by atoms with Gasteiger partial charge in [0.1, 0.15) is 6.10 Å². The molecule has 3 nitrogen and oxygen atoms in total. The molecule has 14 heavy (non-hydrogen) atoms. The Kier molecular flexibility index (Phi) is 4.39. The molecule has 0 radical (unpaired) electrons. The van der Waals surface area contributed by atoms with E-state index >= 15 is 0 Å². The van der Waals surface area contributed by atoms with Gasteiger partial charge >= 0.3 is 0 Å². The molecule has 0 bridgehead atoms. The normalized spacial score (nSPS) is 20.9. The Labute approximate surface area is 86.1 Å². The van der Waals surface area contributed by atoms with Crippen LogP contribution in [0, 0.1) is 5.92 Å². The first-order valence-corrected chi connectivity index (χ1v) is 5.65. The predicted octanol–water partition coefficient (Wildman–Crippen LogP) is 1.41. The van der Waals surface area contributed by atoms with Crippen molar-refractivity contribution in [2.75, 3.05) is 13.1 Å². The molecule has 0 unspecified atom stereocenters. The highest BCUT2D eigenvalue weighted by Gasteiger charge is 2.25. The summed E-state index contributed by atoms with van der Waals surface area (Å²) in [5.41, 5.74) is 0. The largest absolute Gasteiger partial charge is 0.383 e. The Morgan fingerprint density at radius 2 is 2.00 bits per heavy atom. The average Bonchev–Trinajstić information content (AvgIpc) is 2.27. The Bertz CT molecular complexity index is 186. The fraction of sp³-hybridized carbons (Fsp3) is 0.909. The van der Waals surface area contributed by atoms with Crippen LogP contribution in [-0.4, -0.2) is 35.1 Å². The van der Waals surface area contributed by atoms with E-state index in [0.29, 0.717) is 6.42 Å². The van der Waals surface area contributed by atoms with Crippen molar-refractivity contribution in [1.82, 2.24) is 4.90 Å². The van der Waals surface area contributed by atoms with Gasteiger partial charge in [-0.15, -0.1) is 0 Å². The summed E-state index contributed by atoms with van der Waals surface area (Å²) in [6.45, 7) is 5.69. The van der Waals surface area contributed by atoms with Crippen molar-refractivity contribution < 1.29 is 9.90 Å². The second kappa shape index (κ2) is 5.35. The number of nitrogens with zero attached hydrogens (tertiary/aromatic N) is 1. The predicted molar refractivity (Wildman–Crippen MR) is 55.9 cm³/mol. The number of aliphatic hydroxyl groups excluding tert-OH is 1. The van der Waals surface area contributed by atoms with Gasteiger partial charge in [-0.2, -0.15) is 0 Å². The van der Waals surface area contributed by atoms with E-state index in [4.69, 9.17) is 0 Å². The van der Waals surface area contributed by atoms with E-state index in [1.165, 1.54) is 6.42 Å². The van der Waals surface area contributed by atoms with Gasteiger partial charge in [-0.1, -0.05) is 20.3 Å². The summed E-state index contributed by atoms with van der Waals surface area (Å²) in [6.07, 6.45) is 3.13. The van der Waals surface area contributed by atoms with Gasteiger partial charge in [-0.05, 0) is 25.2 Å². The third-order valence-electron chi connectivity index (χ3n) is 3.18. The molecule has 1 aliphatic rings. The molecule has 1 heterocycles. The minimum absolute atomic E-state index is 0.0814. The van der Waals surface area contributed by atoms with Crippen LogP contribution in [0.5, 0.6) is 0 Å². The van der Waals surface area contributed by atoms with Crippen molar-refractivity contribution >= 4 is 5.91 Å². The number of hydrogen-bond donors (Lipinski definition) is 1. The molecule has 0 aliphatic carbocycles. The van der Waals surface area contributed by atoms with Gasteiger partial charge in [-0.25, -0.2) is 0 Å². The minimum atomic E-state index is -0.784. The highest BCUT2D eigenvalue weighted by atomic mass is 16.3. The van der Waals surface area contributed by atoms with Crippen LogP contribution in [0.2, 0.25) is 0 Å². The Morgan fingerprint density at radius 3 is 2.43 bits per heavy atom. The molecule has 0 aromatic carbocycles. The third kappa shape index (κ3) is 2.71. The molecular weight excluding hydrogens is 178 g/mol. The summed E-state index contributed by atoms with van der Waals surface area (Å²) in [4.78, 5) is 13.4. The van der Waals surface area contributed by atoms with Crippen LogP contribution in [-0.2, 0) is 4.79 Å². The van der Waals surface area contributed by atoms with Crippen LogP contribution in [0.1, 0.15) is 39.5 Å². The van der Waals surface area contributed by atoms with E-state index in [2.05, 4.69) is 6.92 Å². The number of carbonyl (C=O) groups is 1. The molecule has 0 saturated carbocycles. The van der Waals surface area contributed by atoms with Gasteiger partial charge in [0.2, 0.25) is 0 Å². The van der Waals surface area contributed by atoms with Crippen LogP contribution < -0.4 is 0 Å². The first kappa shape index (κ1) is 11.5. The maximum Gasteiger partial charge on any atom is 0.251 e. The van der Waals surface area contributed by atoms with Gasteiger partial charge in [0.15, 0.2) is 0 Å². The molecule has 0 aromatic rings. The lowest BCUT2D eigenvalue weighted by Crippen LogP contribution is -2.43. The topological polar surface area (TPSA) is 40.5 Å². The summed E-state index contributed by atoms with van der Waals surface area (Å²) in [5, 5.41) is 9.41. The number of piperidine rings is 1. The van der Waals surface area contributed by atoms with E-state index < -0.39 is 6.10 Å². The third-order valence-corrected chi connectivity index (χ3v) is 3.18. The number of amides is 1. The molecule has 82 valence electrons. The Morgan fingerprint density at radius 1 is 1.43 bits per heavy atom. The van der Waals surface area contributed by atoms with E-state index in [0.717, 1.165) is 31.8 Å². The highest BCUT2D eigenvalue weighted by Crippen LogP contribution is 2.20. The number of likely N-dealkylation sites (tertiary alicyclic amines) is 1. The lowest BCUT2D eigenvalue weighted by atomic mass is 9.94. The average molecular weight is 199 g/mol. The zero-order chi connectivity index (χ0) is 10.6. The molecule has 3 heteroatoms. The summed E-state index contributed by atoms with van der Waals surface area (Å²) in [7, 11) is 0. The molecule has 1 rings (SSSR count). The lowest BCUT2D eigenvalue weighted by molar-refractivity contribution is -0.141. The highest BCUT2D eigenvalue weighted by molar-refractivity contribution is 5.80. The fourth-order valence-corrected chi connectivity index (χ4v) is 1.95. The van der Waals surface area contributed by atoms with Crippen molar-refractivity contribution in [3.8, 4) is 0 Å². The van der Waals surface area contributed by atoms with E-state index in [9.17, 15) is 9.90 Å². The Hall–Kier alpha value is -0.570. The first-order valence-electron chi connectivity index (χ1n) is 5.65. The minimum Gasteiger partial charge on any atom is -0.383 e. The van der Waals surface area contributed by atoms with E-state index in [1.807, 2.05) is 6.92 Å². The van der Waals surface area contributed by atoms with Gasteiger partial charge in [-0.3, -0.25) is 4.79 Å². The van der Waals surface area contributed by atoms with E-state index in [-0.39, 0.29) is 5.91 Å². The van der Waals surface area contributed by atoms with Gasteiger partial charge < -0.3 is 10.0 Å². The maximum absolute atomic E-state index is 11.6. The van der Waals surface area contributed by atoms with Crippen LogP contribution in [0.15, 0.2) is 0 Å².